The van der Waals surface area contributed by atoms with Crippen LogP contribution in [0.15, 0.2) is 24.3 Å². The Morgan fingerprint density at radius 3 is 2.59 bits per heavy atom. The second-order valence-electron chi connectivity index (χ2n) is 6.01. The third kappa shape index (κ3) is 4.23. The van der Waals surface area contributed by atoms with E-state index in [-0.39, 0.29) is 24.0 Å². The van der Waals surface area contributed by atoms with Gasteiger partial charge in [0.2, 0.25) is 5.91 Å². The molecule has 1 aliphatic rings. The van der Waals surface area contributed by atoms with E-state index in [1.807, 2.05) is 6.92 Å². The molecule has 2 atom stereocenters. The van der Waals surface area contributed by atoms with Crippen LogP contribution in [0.5, 0.6) is 0 Å². The highest BCUT2D eigenvalue weighted by Crippen LogP contribution is 2.10. The minimum Gasteiger partial charge on any atom is -0.344 e. The van der Waals surface area contributed by atoms with Crippen LogP contribution in [0.2, 0.25) is 0 Å². The highest BCUT2D eigenvalue weighted by atomic mass is 16.2. The second-order valence-corrected chi connectivity index (χ2v) is 6.01. The number of likely N-dealkylation sites (N-methyl/N-ethyl adjacent to an activating group) is 1. The summed E-state index contributed by atoms with van der Waals surface area (Å²) in [6.45, 7) is 4.81. The van der Waals surface area contributed by atoms with Gasteiger partial charge in [-0.2, -0.15) is 0 Å². The molecule has 1 aliphatic heterocycles. The average molecular weight is 303 g/mol. The Hall–Kier alpha value is -2.04. The van der Waals surface area contributed by atoms with Crippen LogP contribution in [0.25, 0.3) is 0 Å². The van der Waals surface area contributed by atoms with Gasteiger partial charge in [-0.05, 0) is 31.7 Å². The van der Waals surface area contributed by atoms with Crippen LogP contribution in [-0.2, 0) is 11.2 Å². The molecule has 0 aromatic heterocycles. The monoisotopic (exact) mass is 303 g/mol. The van der Waals surface area contributed by atoms with Gasteiger partial charge in [-0.15, -0.1) is 0 Å². The van der Waals surface area contributed by atoms with Crippen LogP contribution in [0.3, 0.4) is 0 Å². The molecule has 1 aromatic carbocycles. The maximum absolute atomic E-state index is 12.1. The number of nitrogens with one attached hydrogen (secondary N) is 2. The second kappa shape index (κ2) is 7.29. The molecule has 22 heavy (non-hydrogen) atoms. The van der Waals surface area contributed by atoms with E-state index < -0.39 is 0 Å². The van der Waals surface area contributed by atoms with Gasteiger partial charge >= 0.3 is 6.03 Å². The van der Waals surface area contributed by atoms with Crippen LogP contribution < -0.4 is 10.6 Å². The number of nitrogens with zero attached hydrogens (tertiary/aromatic N) is 1. The fourth-order valence-electron chi connectivity index (χ4n) is 2.65. The smallest absolute Gasteiger partial charge is 0.315 e. The fourth-order valence-corrected chi connectivity index (χ4v) is 2.65. The Morgan fingerprint density at radius 2 is 2.05 bits per heavy atom. The van der Waals surface area contributed by atoms with Crippen molar-refractivity contribution in [1.29, 1.82) is 0 Å². The molecule has 1 aromatic rings. The topological polar surface area (TPSA) is 61.4 Å². The van der Waals surface area contributed by atoms with Crippen molar-refractivity contribution in [3.8, 4) is 0 Å². The van der Waals surface area contributed by atoms with Gasteiger partial charge in [0.1, 0.15) is 6.04 Å². The first-order valence-electron chi connectivity index (χ1n) is 7.87. The summed E-state index contributed by atoms with van der Waals surface area (Å²) in [4.78, 5) is 25.5. The average Bonchev–Trinajstić information content (AvgIpc) is 2.80. The van der Waals surface area contributed by atoms with Crippen molar-refractivity contribution in [3.63, 3.8) is 0 Å². The predicted molar refractivity (Wildman–Crippen MR) is 86.7 cm³/mol. The van der Waals surface area contributed by atoms with E-state index in [0.717, 1.165) is 12.8 Å². The molecule has 0 aliphatic carbocycles. The van der Waals surface area contributed by atoms with Gasteiger partial charge in [0.05, 0.1) is 0 Å². The van der Waals surface area contributed by atoms with Gasteiger partial charge < -0.3 is 15.5 Å². The number of aryl methyl sites for hydroxylation is 1. The Labute approximate surface area is 132 Å². The minimum atomic E-state index is -0.387. The first-order valence-corrected chi connectivity index (χ1v) is 7.87. The molecule has 0 unspecified atom stereocenters. The van der Waals surface area contributed by atoms with E-state index in [0.29, 0.717) is 13.0 Å². The third-order valence-electron chi connectivity index (χ3n) is 4.16. The van der Waals surface area contributed by atoms with Gasteiger partial charge in [-0.3, -0.25) is 4.79 Å². The minimum absolute atomic E-state index is 0.0123. The lowest BCUT2D eigenvalue weighted by Gasteiger charge is -2.19. The Kier molecular flexibility index (Phi) is 5.41. The summed E-state index contributed by atoms with van der Waals surface area (Å²) in [6, 6.07) is 7.76. The highest BCUT2D eigenvalue weighted by molar-refractivity contribution is 5.88. The van der Waals surface area contributed by atoms with Crippen molar-refractivity contribution in [2.75, 3.05) is 13.6 Å². The van der Waals surface area contributed by atoms with Crippen molar-refractivity contribution in [1.82, 2.24) is 15.5 Å². The third-order valence-corrected chi connectivity index (χ3v) is 4.16. The van der Waals surface area contributed by atoms with Crippen LogP contribution in [-0.4, -0.2) is 42.5 Å². The highest BCUT2D eigenvalue weighted by Gasteiger charge is 2.30. The maximum atomic E-state index is 12.1. The number of likely N-dealkylation sites (tertiary alicyclic amines) is 1. The molecule has 3 amide bonds. The summed E-state index contributed by atoms with van der Waals surface area (Å²) < 4.78 is 0. The molecule has 5 nitrogen and oxygen atoms in total. The van der Waals surface area contributed by atoms with E-state index in [4.69, 9.17) is 0 Å². The van der Waals surface area contributed by atoms with Gasteiger partial charge in [0.25, 0.3) is 0 Å². The van der Waals surface area contributed by atoms with E-state index >= 15 is 0 Å². The van der Waals surface area contributed by atoms with Crippen LogP contribution >= 0.6 is 0 Å². The number of urea groups is 1. The molecule has 0 spiro atoms. The van der Waals surface area contributed by atoms with E-state index in [1.54, 1.807) is 11.9 Å². The Balaban J connectivity index is 1.85. The molecule has 1 saturated heterocycles. The molecule has 120 valence electrons. The summed E-state index contributed by atoms with van der Waals surface area (Å²) in [5, 5.41) is 5.75. The Bertz CT molecular complexity index is 527. The number of benzene rings is 1. The Morgan fingerprint density at radius 1 is 1.36 bits per heavy atom. The molecule has 1 fully saturated rings. The largest absolute Gasteiger partial charge is 0.344 e. The van der Waals surface area contributed by atoms with Gasteiger partial charge in [-0.25, -0.2) is 4.79 Å². The molecule has 5 heteroatoms. The van der Waals surface area contributed by atoms with Crippen molar-refractivity contribution >= 4 is 11.9 Å². The van der Waals surface area contributed by atoms with E-state index in [2.05, 4.69) is 41.8 Å². The van der Waals surface area contributed by atoms with Crippen molar-refractivity contribution < 1.29 is 9.59 Å². The molecular formula is C17H25N3O2. The lowest BCUT2D eigenvalue weighted by Crippen LogP contribution is -2.49. The zero-order valence-corrected chi connectivity index (χ0v) is 13.6. The van der Waals surface area contributed by atoms with Gasteiger partial charge in [-0.1, -0.05) is 36.8 Å². The zero-order chi connectivity index (χ0) is 16.1. The molecule has 0 bridgehead atoms. The first-order chi connectivity index (χ1) is 10.5. The quantitative estimate of drug-likeness (QED) is 0.872. The molecule has 2 N–H and O–H groups in total. The van der Waals surface area contributed by atoms with Gasteiger partial charge in [0, 0.05) is 19.6 Å². The van der Waals surface area contributed by atoms with Crippen molar-refractivity contribution in [2.45, 2.75) is 45.2 Å². The summed E-state index contributed by atoms with van der Waals surface area (Å²) in [5.74, 6) is -0.0123. The zero-order valence-electron chi connectivity index (χ0n) is 13.6. The molecule has 2 rings (SSSR count). The van der Waals surface area contributed by atoms with E-state index in [1.165, 1.54) is 11.1 Å². The summed E-state index contributed by atoms with van der Waals surface area (Å²) in [7, 11) is 1.76. The SMILES string of the molecule is CC[C@@H](Cc1ccc(C)cc1)NC(=O)N[C@H]1CCN(C)C1=O. The van der Waals surface area contributed by atoms with Crippen LogP contribution in [0, 0.1) is 6.92 Å². The molecule has 0 saturated carbocycles. The molecule has 1 heterocycles. The van der Waals surface area contributed by atoms with Crippen LogP contribution in [0.4, 0.5) is 4.79 Å². The number of hydrogen-bond acceptors (Lipinski definition) is 2. The summed E-state index contributed by atoms with van der Waals surface area (Å²) in [5.41, 5.74) is 2.43. The lowest BCUT2D eigenvalue weighted by atomic mass is 10.0. The summed E-state index contributed by atoms with van der Waals surface area (Å²) in [6.07, 6.45) is 2.32. The maximum Gasteiger partial charge on any atom is 0.315 e. The number of carbonyl (C=O) groups is 2. The predicted octanol–water partition coefficient (Wildman–Crippen LogP) is 1.85. The molecule has 0 radical (unpaired) electrons. The normalized spacial score (nSPS) is 19.1. The van der Waals surface area contributed by atoms with Crippen LogP contribution in [0.1, 0.15) is 30.9 Å². The standard InChI is InChI=1S/C17H25N3O2/c1-4-14(11-13-7-5-12(2)6-8-13)18-17(22)19-15-9-10-20(3)16(15)21/h5-8,14-15H,4,9-11H2,1-3H3,(H2,18,19,22)/t14-,15-/m0/s1. The number of hydrogen-bond donors (Lipinski definition) is 2. The summed E-state index contributed by atoms with van der Waals surface area (Å²) >= 11 is 0. The molecular weight excluding hydrogens is 278 g/mol. The lowest BCUT2D eigenvalue weighted by molar-refractivity contribution is -0.128. The van der Waals surface area contributed by atoms with Crippen molar-refractivity contribution in [2.24, 2.45) is 0 Å². The number of rotatable bonds is 5. The van der Waals surface area contributed by atoms with Gasteiger partial charge in [0.15, 0.2) is 0 Å². The fraction of sp³-hybridized carbons (Fsp3) is 0.529. The number of amides is 3. The van der Waals surface area contributed by atoms with Crippen molar-refractivity contribution in [3.05, 3.63) is 35.4 Å². The first kappa shape index (κ1) is 16.3. The number of carbonyl (C=O) groups excluding carboxylic acids is 2. The van der Waals surface area contributed by atoms with E-state index in [9.17, 15) is 9.59 Å².